The zero-order valence-corrected chi connectivity index (χ0v) is 16.7. The first kappa shape index (κ1) is 19.7. The SMILES string of the molecule is CCCCNC(=O)CCc1c(C)[nH]c(C=C2NC(c3ccc[nH]3)=CC2=O)c1C. The number of nitrogens with one attached hydrogen (secondary N) is 4. The lowest BCUT2D eigenvalue weighted by Crippen LogP contribution is -2.24. The van der Waals surface area contributed by atoms with Crippen LogP contribution < -0.4 is 10.6 Å². The first-order valence-corrected chi connectivity index (χ1v) is 9.82. The number of aryl methyl sites for hydroxylation is 1. The number of unbranched alkanes of at least 4 members (excludes halogenated alkanes) is 1. The van der Waals surface area contributed by atoms with Crippen molar-refractivity contribution in [2.75, 3.05) is 6.54 Å². The number of ketones is 1. The molecule has 3 rings (SSSR count). The number of carbonyl (C=O) groups excluding carboxylic acids is 2. The number of carbonyl (C=O) groups is 2. The van der Waals surface area contributed by atoms with Gasteiger partial charge in [0.1, 0.15) is 0 Å². The van der Waals surface area contributed by atoms with E-state index in [1.807, 2.05) is 38.3 Å². The van der Waals surface area contributed by atoms with Crippen molar-refractivity contribution >= 4 is 23.5 Å². The van der Waals surface area contributed by atoms with E-state index < -0.39 is 0 Å². The highest BCUT2D eigenvalue weighted by molar-refractivity contribution is 6.14. The number of aromatic amines is 2. The predicted octanol–water partition coefficient (Wildman–Crippen LogP) is 3.36. The molecule has 28 heavy (non-hydrogen) atoms. The van der Waals surface area contributed by atoms with Crippen LogP contribution in [-0.4, -0.2) is 28.2 Å². The number of rotatable bonds is 8. The molecule has 2 aromatic heterocycles. The second-order valence-corrected chi connectivity index (χ2v) is 7.16. The first-order valence-electron chi connectivity index (χ1n) is 9.82. The lowest BCUT2D eigenvalue weighted by atomic mass is 10.0. The molecule has 1 amide bonds. The number of hydrogen-bond acceptors (Lipinski definition) is 3. The molecule has 6 nitrogen and oxygen atoms in total. The molecule has 3 heterocycles. The molecule has 4 N–H and O–H groups in total. The Labute approximate surface area is 165 Å². The maximum Gasteiger partial charge on any atom is 0.220 e. The van der Waals surface area contributed by atoms with Gasteiger partial charge < -0.3 is 20.6 Å². The summed E-state index contributed by atoms with van der Waals surface area (Å²) in [7, 11) is 0. The van der Waals surface area contributed by atoms with Crippen molar-refractivity contribution in [3.8, 4) is 0 Å². The molecule has 0 bridgehead atoms. The third-order valence-corrected chi connectivity index (χ3v) is 5.07. The highest BCUT2D eigenvalue weighted by atomic mass is 16.1. The maximum absolute atomic E-state index is 12.3. The molecule has 2 aromatic rings. The van der Waals surface area contributed by atoms with E-state index in [0.29, 0.717) is 18.5 Å². The Hall–Kier alpha value is -3.02. The van der Waals surface area contributed by atoms with Crippen molar-refractivity contribution in [2.45, 2.75) is 46.5 Å². The Balaban J connectivity index is 1.68. The molecule has 0 aliphatic carbocycles. The Morgan fingerprint density at radius 3 is 2.82 bits per heavy atom. The Bertz CT molecular complexity index is 917. The quantitative estimate of drug-likeness (QED) is 0.418. The van der Waals surface area contributed by atoms with E-state index in [-0.39, 0.29) is 11.7 Å². The highest BCUT2D eigenvalue weighted by Crippen LogP contribution is 2.24. The summed E-state index contributed by atoms with van der Waals surface area (Å²) in [5.74, 6) is 0.0360. The van der Waals surface area contributed by atoms with Crippen molar-refractivity contribution in [3.05, 3.63) is 58.3 Å². The van der Waals surface area contributed by atoms with Gasteiger partial charge in [0.05, 0.1) is 17.1 Å². The largest absolute Gasteiger partial charge is 0.360 e. The Kier molecular flexibility index (Phi) is 6.19. The minimum absolute atomic E-state index is 0.0481. The number of H-pyrrole nitrogens is 2. The average Bonchev–Trinajstić information content (AvgIpc) is 3.36. The van der Waals surface area contributed by atoms with E-state index in [0.717, 1.165) is 53.3 Å². The molecule has 0 aromatic carbocycles. The molecule has 0 spiro atoms. The Morgan fingerprint density at radius 1 is 1.29 bits per heavy atom. The summed E-state index contributed by atoms with van der Waals surface area (Å²) in [4.78, 5) is 30.8. The van der Waals surface area contributed by atoms with Crippen LogP contribution in [0.5, 0.6) is 0 Å². The monoisotopic (exact) mass is 380 g/mol. The van der Waals surface area contributed by atoms with E-state index in [1.165, 1.54) is 0 Å². The number of allylic oxidation sites excluding steroid dienone is 1. The Morgan fingerprint density at radius 2 is 2.11 bits per heavy atom. The summed E-state index contributed by atoms with van der Waals surface area (Å²) in [6.45, 7) is 6.88. The van der Waals surface area contributed by atoms with E-state index >= 15 is 0 Å². The second-order valence-electron chi connectivity index (χ2n) is 7.16. The molecule has 0 atom stereocenters. The molecular weight excluding hydrogens is 352 g/mol. The van der Waals surface area contributed by atoms with Gasteiger partial charge in [-0.05, 0) is 56.0 Å². The van der Waals surface area contributed by atoms with Crippen LogP contribution in [0.15, 0.2) is 30.1 Å². The van der Waals surface area contributed by atoms with Crippen LogP contribution >= 0.6 is 0 Å². The number of aromatic nitrogens is 2. The van der Waals surface area contributed by atoms with Gasteiger partial charge in [-0.2, -0.15) is 0 Å². The molecule has 6 heteroatoms. The molecule has 1 aliphatic rings. The van der Waals surface area contributed by atoms with Gasteiger partial charge in [0, 0.05) is 36.6 Å². The maximum atomic E-state index is 12.3. The topological polar surface area (TPSA) is 89.8 Å². The standard InChI is InChI=1S/C22H28N4O2/c1-4-5-10-24-22(28)9-8-16-14(2)18(25-15(16)3)12-20-21(27)13-19(26-20)17-7-6-11-23-17/h6-7,11-13,23,25-26H,4-5,8-10H2,1-3H3,(H,24,28). The summed E-state index contributed by atoms with van der Waals surface area (Å²) in [6.07, 6.45) is 8.50. The van der Waals surface area contributed by atoms with Crippen molar-refractivity contribution < 1.29 is 9.59 Å². The van der Waals surface area contributed by atoms with Gasteiger partial charge in [-0.1, -0.05) is 13.3 Å². The van der Waals surface area contributed by atoms with Crippen LogP contribution in [0.3, 0.4) is 0 Å². The van der Waals surface area contributed by atoms with Gasteiger partial charge in [-0.25, -0.2) is 0 Å². The van der Waals surface area contributed by atoms with Gasteiger partial charge in [-0.3, -0.25) is 9.59 Å². The van der Waals surface area contributed by atoms with Gasteiger partial charge in [0.15, 0.2) is 0 Å². The fourth-order valence-electron chi connectivity index (χ4n) is 3.41. The molecule has 0 saturated heterocycles. The number of amides is 1. The zero-order chi connectivity index (χ0) is 20.1. The van der Waals surface area contributed by atoms with Crippen molar-refractivity contribution in [3.63, 3.8) is 0 Å². The van der Waals surface area contributed by atoms with Crippen molar-refractivity contribution in [1.29, 1.82) is 0 Å². The predicted molar refractivity (Wildman–Crippen MR) is 111 cm³/mol. The fraction of sp³-hybridized carbons (Fsp3) is 0.364. The van der Waals surface area contributed by atoms with Gasteiger partial charge in [-0.15, -0.1) is 0 Å². The normalized spacial score (nSPS) is 15.0. The summed E-state index contributed by atoms with van der Waals surface area (Å²) in [6, 6.07) is 3.82. The van der Waals surface area contributed by atoms with Crippen LogP contribution in [0.2, 0.25) is 0 Å². The summed E-state index contributed by atoms with van der Waals surface area (Å²) >= 11 is 0. The summed E-state index contributed by atoms with van der Waals surface area (Å²) < 4.78 is 0. The second kappa shape index (κ2) is 8.78. The molecule has 1 aliphatic heterocycles. The fourth-order valence-corrected chi connectivity index (χ4v) is 3.41. The lowest BCUT2D eigenvalue weighted by molar-refractivity contribution is -0.121. The average molecular weight is 380 g/mol. The van der Waals surface area contributed by atoms with E-state index in [2.05, 4.69) is 27.5 Å². The molecule has 0 radical (unpaired) electrons. The van der Waals surface area contributed by atoms with E-state index in [4.69, 9.17) is 0 Å². The molecule has 0 saturated carbocycles. The van der Waals surface area contributed by atoms with Gasteiger partial charge >= 0.3 is 0 Å². The van der Waals surface area contributed by atoms with E-state index in [1.54, 1.807) is 6.08 Å². The van der Waals surface area contributed by atoms with Crippen molar-refractivity contribution in [2.24, 2.45) is 0 Å². The van der Waals surface area contributed by atoms with Crippen LogP contribution in [0.25, 0.3) is 11.8 Å². The minimum atomic E-state index is -0.0481. The van der Waals surface area contributed by atoms with Gasteiger partial charge in [0.2, 0.25) is 11.7 Å². The summed E-state index contributed by atoms with van der Waals surface area (Å²) in [5.41, 5.74) is 6.34. The molecule has 148 valence electrons. The van der Waals surface area contributed by atoms with Crippen molar-refractivity contribution in [1.82, 2.24) is 20.6 Å². The van der Waals surface area contributed by atoms with Crippen LogP contribution in [0.4, 0.5) is 0 Å². The minimum Gasteiger partial charge on any atom is -0.360 e. The molecule has 0 unspecified atom stereocenters. The summed E-state index contributed by atoms with van der Waals surface area (Å²) in [5, 5.41) is 6.14. The highest BCUT2D eigenvalue weighted by Gasteiger charge is 2.21. The van der Waals surface area contributed by atoms with Crippen LogP contribution in [0, 0.1) is 13.8 Å². The molecular formula is C22H28N4O2. The molecule has 0 fully saturated rings. The third-order valence-electron chi connectivity index (χ3n) is 5.07. The van der Waals surface area contributed by atoms with Crippen LogP contribution in [0.1, 0.15) is 54.4 Å². The smallest absolute Gasteiger partial charge is 0.220 e. The van der Waals surface area contributed by atoms with Gasteiger partial charge in [0.25, 0.3) is 0 Å². The zero-order valence-electron chi connectivity index (χ0n) is 16.7. The van der Waals surface area contributed by atoms with Crippen LogP contribution in [-0.2, 0) is 16.0 Å². The van der Waals surface area contributed by atoms with E-state index in [9.17, 15) is 9.59 Å². The lowest BCUT2D eigenvalue weighted by Gasteiger charge is -2.05. The first-order chi connectivity index (χ1) is 13.5. The number of hydrogen-bond donors (Lipinski definition) is 4. The third kappa shape index (κ3) is 4.44.